The Bertz CT molecular complexity index is 158. The van der Waals surface area contributed by atoms with Crippen LogP contribution < -0.4 is 0 Å². The van der Waals surface area contributed by atoms with Crippen molar-refractivity contribution in [3.63, 3.8) is 0 Å². The minimum atomic E-state index is -0.526. The molecule has 0 spiro atoms. The zero-order chi connectivity index (χ0) is 10.4. The van der Waals surface area contributed by atoms with E-state index in [1.807, 2.05) is 0 Å². The Kier molecular flexibility index (Phi) is 4.90. The second-order valence-electron chi connectivity index (χ2n) is 4.53. The fourth-order valence-electron chi connectivity index (χ4n) is 2.49. The van der Waals surface area contributed by atoms with E-state index in [4.69, 9.17) is 4.74 Å². The molecule has 0 aromatic carbocycles. The van der Waals surface area contributed by atoms with Crippen molar-refractivity contribution < 1.29 is 9.84 Å². The molecule has 1 saturated carbocycles. The van der Waals surface area contributed by atoms with Gasteiger partial charge in [-0.25, -0.2) is 0 Å². The monoisotopic (exact) mass is 200 g/mol. The molecule has 0 aromatic heterocycles. The van der Waals surface area contributed by atoms with E-state index in [0.29, 0.717) is 0 Å². The number of aliphatic hydroxyl groups is 1. The van der Waals surface area contributed by atoms with E-state index in [1.165, 1.54) is 19.3 Å². The zero-order valence-corrected chi connectivity index (χ0v) is 9.59. The first-order chi connectivity index (χ1) is 6.73. The number of rotatable bonds is 5. The van der Waals surface area contributed by atoms with Crippen LogP contribution >= 0.6 is 0 Å². The third-order valence-electron chi connectivity index (χ3n) is 3.42. The molecule has 0 heterocycles. The fourth-order valence-corrected chi connectivity index (χ4v) is 2.49. The number of hydrogen-bond donors (Lipinski definition) is 1. The van der Waals surface area contributed by atoms with Crippen LogP contribution in [0.5, 0.6) is 0 Å². The smallest absolute Gasteiger partial charge is 0.0908 e. The van der Waals surface area contributed by atoms with E-state index in [-0.39, 0.29) is 6.10 Å². The molecule has 2 nitrogen and oxygen atoms in total. The molecule has 14 heavy (non-hydrogen) atoms. The minimum absolute atomic E-state index is 0.0770. The van der Waals surface area contributed by atoms with Crippen LogP contribution in [0.15, 0.2) is 0 Å². The topological polar surface area (TPSA) is 29.5 Å². The Hall–Kier alpha value is -0.0800. The molecule has 2 atom stereocenters. The largest absolute Gasteiger partial charge is 0.387 e. The van der Waals surface area contributed by atoms with Crippen LogP contribution in [0.3, 0.4) is 0 Å². The third kappa shape index (κ3) is 2.96. The Morgan fingerprint density at radius 2 is 2.14 bits per heavy atom. The first-order valence-corrected chi connectivity index (χ1v) is 5.98. The summed E-state index contributed by atoms with van der Waals surface area (Å²) in [5, 5.41) is 10.4. The molecule has 1 aliphatic rings. The fraction of sp³-hybridized carbons (Fsp3) is 1.00. The van der Waals surface area contributed by atoms with Gasteiger partial charge in [0.2, 0.25) is 0 Å². The second-order valence-corrected chi connectivity index (χ2v) is 4.53. The Morgan fingerprint density at radius 3 is 2.79 bits per heavy atom. The molecular formula is C12H24O2. The van der Waals surface area contributed by atoms with Gasteiger partial charge in [-0.3, -0.25) is 0 Å². The normalized spacial score (nSPS) is 33.2. The van der Waals surface area contributed by atoms with E-state index in [9.17, 15) is 5.11 Å². The number of hydrogen-bond acceptors (Lipinski definition) is 2. The van der Waals surface area contributed by atoms with Crippen molar-refractivity contribution in [2.24, 2.45) is 0 Å². The Morgan fingerprint density at radius 1 is 1.36 bits per heavy atom. The van der Waals surface area contributed by atoms with Crippen LogP contribution in [0, 0.1) is 0 Å². The zero-order valence-electron chi connectivity index (χ0n) is 9.59. The summed E-state index contributed by atoms with van der Waals surface area (Å²) in [6, 6.07) is 0. The minimum Gasteiger partial charge on any atom is -0.387 e. The van der Waals surface area contributed by atoms with Crippen molar-refractivity contribution in [2.45, 2.75) is 70.0 Å². The average molecular weight is 200 g/mol. The van der Waals surface area contributed by atoms with Crippen molar-refractivity contribution >= 4 is 0 Å². The van der Waals surface area contributed by atoms with Gasteiger partial charge in [-0.15, -0.1) is 0 Å². The highest BCUT2D eigenvalue weighted by Gasteiger charge is 2.38. The van der Waals surface area contributed by atoms with Gasteiger partial charge in [-0.05, 0) is 19.3 Å². The summed E-state index contributed by atoms with van der Waals surface area (Å²) >= 11 is 0. The van der Waals surface area contributed by atoms with E-state index in [1.54, 1.807) is 7.11 Å². The molecule has 0 amide bonds. The SMILES string of the molecule is CCCCCC1(O)CCCCC1OC. The van der Waals surface area contributed by atoms with Gasteiger partial charge in [0.05, 0.1) is 11.7 Å². The highest BCUT2D eigenvalue weighted by molar-refractivity contribution is 4.90. The van der Waals surface area contributed by atoms with Crippen LogP contribution in [-0.4, -0.2) is 23.9 Å². The summed E-state index contributed by atoms with van der Waals surface area (Å²) in [6.07, 6.45) is 8.87. The van der Waals surface area contributed by atoms with Gasteiger partial charge in [0.1, 0.15) is 0 Å². The summed E-state index contributed by atoms with van der Waals surface area (Å²) in [5.74, 6) is 0. The molecule has 1 fully saturated rings. The van der Waals surface area contributed by atoms with Crippen LogP contribution in [0.1, 0.15) is 58.3 Å². The first-order valence-electron chi connectivity index (χ1n) is 5.98. The summed E-state index contributed by atoms with van der Waals surface area (Å²) < 4.78 is 5.39. The second kappa shape index (κ2) is 5.72. The predicted octanol–water partition coefficient (Wildman–Crippen LogP) is 2.89. The summed E-state index contributed by atoms with van der Waals surface area (Å²) in [4.78, 5) is 0. The van der Waals surface area contributed by atoms with Crippen LogP contribution in [-0.2, 0) is 4.74 Å². The lowest BCUT2D eigenvalue weighted by Crippen LogP contribution is -2.45. The molecule has 2 unspecified atom stereocenters. The highest BCUT2D eigenvalue weighted by Crippen LogP contribution is 2.34. The number of ether oxygens (including phenoxy) is 1. The molecule has 0 bridgehead atoms. The van der Waals surface area contributed by atoms with Crippen molar-refractivity contribution in [3.8, 4) is 0 Å². The lowest BCUT2D eigenvalue weighted by Gasteiger charge is -2.39. The van der Waals surface area contributed by atoms with Crippen molar-refractivity contribution in [1.29, 1.82) is 0 Å². The third-order valence-corrected chi connectivity index (χ3v) is 3.42. The van der Waals surface area contributed by atoms with Gasteiger partial charge in [-0.2, -0.15) is 0 Å². The van der Waals surface area contributed by atoms with Crippen LogP contribution in [0.25, 0.3) is 0 Å². The maximum absolute atomic E-state index is 10.4. The molecule has 1 aliphatic carbocycles. The van der Waals surface area contributed by atoms with E-state index in [2.05, 4.69) is 6.92 Å². The lowest BCUT2D eigenvalue weighted by atomic mass is 9.79. The van der Waals surface area contributed by atoms with Crippen LogP contribution in [0.2, 0.25) is 0 Å². The number of methoxy groups -OCH3 is 1. The van der Waals surface area contributed by atoms with Crippen molar-refractivity contribution in [1.82, 2.24) is 0 Å². The van der Waals surface area contributed by atoms with Crippen molar-refractivity contribution in [2.75, 3.05) is 7.11 Å². The predicted molar refractivity (Wildman–Crippen MR) is 58.4 cm³/mol. The summed E-state index contributed by atoms with van der Waals surface area (Å²) in [6.45, 7) is 2.19. The Balaban J connectivity index is 2.41. The maximum atomic E-state index is 10.4. The van der Waals surface area contributed by atoms with Crippen molar-refractivity contribution in [3.05, 3.63) is 0 Å². The molecule has 1 rings (SSSR count). The maximum Gasteiger partial charge on any atom is 0.0908 e. The quantitative estimate of drug-likeness (QED) is 0.691. The molecule has 1 N–H and O–H groups in total. The van der Waals surface area contributed by atoms with Gasteiger partial charge in [0.25, 0.3) is 0 Å². The van der Waals surface area contributed by atoms with E-state index in [0.717, 1.165) is 32.1 Å². The summed E-state index contributed by atoms with van der Waals surface area (Å²) in [7, 11) is 1.72. The van der Waals surface area contributed by atoms with E-state index >= 15 is 0 Å². The van der Waals surface area contributed by atoms with Gasteiger partial charge >= 0.3 is 0 Å². The molecule has 84 valence electrons. The average Bonchev–Trinajstić information content (AvgIpc) is 2.19. The molecule has 0 saturated heterocycles. The highest BCUT2D eigenvalue weighted by atomic mass is 16.5. The number of unbranched alkanes of at least 4 members (excludes halogenated alkanes) is 2. The van der Waals surface area contributed by atoms with Crippen LogP contribution in [0.4, 0.5) is 0 Å². The lowest BCUT2D eigenvalue weighted by molar-refractivity contribution is -0.121. The van der Waals surface area contributed by atoms with Gasteiger partial charge < -0.3 is 9.84 Å². The molecule has 2 heteroatoms. The standard InChI is InChI=1S/C12H24O2/c1-3-4-6-9-12(13)10-7-5-8-11(12)14-2/h11,13H,3-10H2,1-2H3. The van der Waals surface area contributed by atoms with Gasteiger partial charge in [0, 0.05) is 7.11 Å². The molecular weight excluding hydrogens is 176 g/mol. The summed E-state index contributed by atoms with van der Waals surface area (Å²) in [5.41, 5.74) is -0.526. The van der Waals surface area contributed by atoms with Gasteiger partial charge in [0.15, 0.2) is 0 Å². The first kappa shape index (κ1) is 12.0. The molecule has 0 aromatic rings. The van der Waals surface area contributed by atoms with E-state index < -0.39 is 5.60 Å². The Labute approximate surface area is 87.7 Å². The molecule has 0 radical (unpaired) electrons. The van der Waals surface area contributed by atoms with Gasteiger partial charge in [-0.1, -0.05) is 39.0 Å². The molecule has 0 aliphatic heterocycles.